The first-order chi connectivity index (χ1) is 6.75. The molecule has 0 aliphatic rings. The van der Waals surface area contributed by atoms with Crippen LogP contribution in [0.5, 0.6) is 5.88 Å². The molecular weight excluding hydrogens is 178 g/mol. The zero-order chi connectivity index (χ0) is 9.97. The maximum atomic E-state index is 10.7. The van der Waals surface area contributed by atoms with Crippen LogP contribution >= 0.6 is 0 Å². The predicted molar refractivity (Wildman–Crippen MR) is 53.1 cm³/mol. The number of pyridine rings is 1. The molecule has 0 saturated carbocycles. The minimum absolute atomic E-state index is 0.344. The molecule has 0 fully saturated rings. The number of carbonyl (C=O) groups is 1. The highest BCUT2D eigenvalue weighted by atomic mass is 16.5. The van der Waals surface area contributed by atoms with Gasteiger partial charge >= 0.3 is 5.97 Å². The van der Waals surface area contributed by atoms with Crippen molar-refractivity contribution in [1.29, 1.82) is 0 Å². The van der Waals surface area contributed by atoms with Crippen LogP contribution in [0.4, 0.5) is 0 Å². The van der Waals surface area contributed by atoms with Gasteiger partial charge in [-0.3, -0.25) is 4.79 Å². The molecular formula is C11H9NO2. The van der Waals surface area contributed by atoms with E-state index in [9.17, 15) is 4.79 Å². The number of aromatic nitrogens is 1. The largest absolute Gasteiger partial charge is 0.408 e. The lowest BCUT2D eigenvalue weighted by Crippen LogP contribution is -2.02. The van der Waals surface area contributed by atoms with E-state index in [1.54, 1.807) is 12.3 Å². The van der Waals surface area contributed by atoms with Crippen LogP contribution in [0.3, 0.4) is 0 Å². The monoisotopic (exact) mass is 187 g/mol. The number of nitrogens with zero attached hydrogens (tertiary/aromatic N) is 1. The molecule has 14 heavy (non-hydrogen) atoms. The molecule has 0 amide bonds. The third kappa shape index (κ3) is 1.71. The van der Waals surface area contributed by atoms with Crippen LogP contribution in [0.1, 0.15) is 6.92 Å². The maximum Gasteiger partial charge on any atom is 0.309 e. The van der Waals surface area contributed by atoms with E-state index in [2.05, 4.69) is 4.98 Å². The highest BCUT2D eigenvalue weighted by Gasteiger charge is 2.00. The summed E-state index contributed by atoms with van der Waals surface area (Å²) >= 11 is 0. The second-order valence-electron chi connectivity index (χ2n) is 2.96. The summed E-state index contributed by atoms with van der Waals surface area (Å²) in [7, 11) is 0. The van der Waals surface area contributed by atoms with Crippen LogP contribution in [0.15, 0.2) is 36.5 Å². The lowest BCUT2D eigenvalue weighted by molar-refractivity contribution is -0.132. The highest BCUT2D eigenvalue weighted by molar-refractivity contribution is 5.83. The Morgan fingerprint density at radius 1 is 1.29 bits per heavy atom. The van der Waals surface area contributed by atoms with Crippen molar-refractivity contribution < 1.29 is 9.53 Å². The van der Waals surface area contributed by atoms with E-state index < -0.39 is 0 Å². The van der Waals surface area contributed by atoms with Crippen LogP contribution in [0, 0.1) is 0 Å². The molecule has 0 radical (unpaired) electrons. The van der Waals surface area contributed by atoms with Crippen molar-refractivity contribution in [3.63, 3.8) is 0 Å². The van der Waals surface area contributed by atoms with Crippen molar-refractivity contribution >= 4 is 16.7 Å². The van der Waals surface area contributed by atoms with E-state index in [-0.39, 0.29) is 5.97 Å². The van der Waals surface area contributed by atoms with Crippen molar-refractivity contribution in [1.82, 2.24) is 4.98 Å². The normalized spacial score (nSPS) is 10.1. The Morgan fingerprint density at radius 3 is 2.71 bits per heavy atom. The summed E-state index contributed by atoms with van der Waals surface area (Å²) in [5.41, 5.74) is 0. The van der Waals surface area contributed by atoms with Gasteiger partial charge in [-0.25, -0.2) is 4.98 Å². The Balaban J connectivity index is 2.46. The van der Waals surface area contributed by atoms with Crippen LogP contribution < -0.4 is 4.74 Å². The molecule has 3 nitrogen and oxygen atoms in total. The van der Waals surface area contributed by atoms with Crippen molar-refractivity contribution in [2.45, 2.75) is 6.92 Å². The van der Waals surface area contributed by atoms with Gasteiger partial charge in [0.05, 0.1) is 0 Å². The molecule has 0 N–H and O–H groups in total. The summed E-state index contributed by atoms with van der Waals surface area (Å²) in [5, 5.41) is 2.04. The molecule has 3 heteroatoms. The van der Waals surface area contributed by atoms with Gasteiger partial charge in [0, 0.05) is 24.6 Å². The highest BCUT2D eigenvalue weighted by Crippen LogP contribution is 2.17. The summed E-state index contributed by atoms with van der Waals surface area (Å²) in [5.74, 6) is -0.0102. The van der Waals surface area contributed by atoms with E-state index in [1.165, 1.54) is 6.92 Å². The number of esters is 1. The Labute approximate surface area is 81.3 Å². The second kappa shape index (κ2) is 3.46. The average molecular weight is 187 g/mol. The lowest BCUT2D eigenvalue weighted by Gasteiger charge is -2.01. The zero-order valence-electron chi connectivity index (χ0n) is 7.73. The molecule has 0 saturated heterocycles. The maximum absolute atomic E-state index is 10.7. The topological polar surface area (TPSA) is 39.2 Å². The standard InChI is InChI=1S/C11H9NO2/c1-8(13)14-11-6-9-4-2-3-5-10(9)7-12-11/h2-7H,1H3. The number of hydrogen-bond donors (Lipinski definition) is 0. The van der Waals surface area contributed by atoms with Gasteiger partial charge in [-0.1, -0.05) is 24.3 Å². The Hall–Kier alpha value is -1.90. The van der Waals surface area contributed by atoms with E-state index in [0.29, 0.717) is 5.88 Å². The van der Waals surface area contributed by atoms with Crippen LogP contribution in [-0.4, -0.2) is 11.0 Å². The first kappa shape index (κ1) is 8.69. The number of rotatable bonds is 1. The quantitative estimate of drug-likeness (QED) is 0.642. The van der Waals surface area contributed by atoms with Gasteiger partial charge in [-0.15, -0.1) is 0 Å². The Bertz CT molecular complexity index is 479. The van der Waals surface area contributed by atoms with Gasteiger partial charge in [0.15, 0.2) is 0 Å². The lowest BCUT2D eigenvalue weighted by atomic mass is 10.2. The van der Waals surface area contributed by atoms with Crippen LogP contribution in [0.25, 0.3) is 10.8 Å². The third-order valence-electron chi connectivity index (χ3n) is 1.85. The number of benzene rings is 1. The minimum Gasteiger partial charge on any atom is -0.408 e. The van der Waals surface area contributed by atoms with Gasteiger partial charge in [-0.05, 0) is 5.39 Å². The second-order valence-corrected chi connectivity index (χ2v) is 2.96. The van der Waals surface area contributed by atoms with Gasteiger partial charge in [-0.2, -0.15) is 0 Å². The molecule has 1 aromatic carbocycles. The third-order valence-corrected chi connectivity index (χ3v) is 1.85. The van der Waals surface area contributed by atoms with Gasteiger partial charge in [0.25, 0.3) is 0 Å². The van der Waals surface area contributed by atoms with Crippen molar-refractivity contribution in [3.05, 3.63) is 36.5 Å². The molecule has 0 aliphatic heterocycles. The molecule has 0 spiro atoms. The first-order valence-corrected chi connectivity index (χ1v) is 4.29. The molecule has 70 valence electrons. The molecule has 2 rings (SSSR count). The van der Waals surface area contributed by atoms with Gasteiger partial charge in [0.2, 0.25) is 5.88 Å². The smallest absolute Gasteiger partial charge is 0.309 e. The van der Waals surface area contributed by atoms with E-state index >= 15 is 0 Å². The molecule has 0 aliphatic carbocycles. The number of fused-ring (bicyclic) bond motifs is 1. The van der Waals surface area contributed by atoms with E-state index in [4.69, 9.17) is 4.74 Å². The van der Waals surface area contributed by atoms with Crippen molar-refractivity contribution in [2.75, 3.05) is 0 Å². The fourth-order valence-electron chi connectivity index (χ4n) is 1.27. The molecule has 1 aromatic heterocycles. The average Bonchev–Trinajstić information content (AvgIpc) is 2.17. The van der Waals surface area contributed by atoms with Crippen LogP contribution in [0.2, 0.25) is 0 Å². The summed E-state index contributed by atoms with van der Waals surface area (Å²) in [4.78, 5) is 14.7. The van der Waals surface area contributed by atoms with E-state index in [1.807, 2.05) is 24.3 Å². The molecule has 1 heterocycles. The first-order valence-electron chi connectivity index (χ1n) is 4.29. The minimum atomic E-state index is -0.354. The number of carbonyl (C=O) groups excluding carboxylic acids is 1. The summed E-state index contributed by atoms with van der Waals surface area (Å²) in [6.45, 7) is 1.36. The van der Waals surface area contributed by atoms with Gasteiger partial charge < -0.3 is 4.74 Å². The van der Waals surface area contributed by atoms with Gasteiger partial charge in [0.1, 0.15) is 0 Å². The molecule has 0 unspecified atom stereocenters. The molecule has 0 bridgehead atoms. The number of ether oxygens (including phenoxy) is 1. The summed E-state index contributed by atoms with van der Waals surface area (Å²) in [6, 6.07) is 9.52. The Morgan fingerprint density at radius 2 is 2.00 bits per heavy atom. The molecule has 2 aromatic rings. The molecule has 0 atom stereocenters. The van der Waals surface area contributed by atoms with E-state index in [0.717, 1.165) is 10.8 Å². The Kier molecular flexibility index (Phi) is 2.14. The SMILES string of the molecule is CC(=O)Oc1cc2ccccc2cn1. The van der Waals surface area contributed by atoms with Crippen molar-refractivity contribution in [3.8, 4) is 5.88 Å². The summed E-state index contributed by atoms with van der Waals surface area (Å²) in [6.07, 6.45) is 1.69. The number of hydrogen-bond acceptors (Lipinski definition) is 3. The van der Waals surface area contributed by atoms with Crippen LogP contribution in [-0.2, 0) is 4.79 Å². The van der Waals surface area contributed by atoms with Crippen molar-refractivity contribution in [2.24, 2.45) is 0 Å². The predicted octanol–water partition coefficient (Wildman–Crippen LogP) is 2.16. The fraction of sp³-hybridized carbons (Fsp3) is 0.0909. The fourth-order valence-corrected chi connectivity index (χ4v) is 1.27. The zero-order valence-corrected chi connectivity index (χ0v) is 7.73. The summed E-state index contributed by atoms with van der Waals surface area (Å²) < 4.78 is 4.87.